The second kappa shape index (κ2) is 6.96. The average molecular weight is 344 g/mol. The normalized spacial score (nSPS) is 17.2. The molecule has 2 heterocycles. The molecule has 2 aromatic rings. The van der Waals surface area contributed by atoms with Crippen molar-refractivity contribution in [2.24, 2.45) is 0 Å². The largest absolute Gasteiger partial charge is 0.353 e. The molecule has 0 saturated carbocycles. The number of nitrogens with one attached hydrogen (secondary N) is 2. The van der Waals surface area contributed by atoms with E-state index in [0.29, 0.717) is 24.9 Å². The van der Waals surface area contributed by atoms with Crippen molar-refractivity contribution in [3.63, 3.8) is 0 Å². The van der Waals surface area contributed by atoms with E-state index < -0.39 is 11.0 Å². The molecule has 25 heavy (non-hydrogen) atoms. The maximum Gasteiger partial charge on any atom is 0.248 e. The number of hydrogen-bond acceptors (Lipinski definition) is 3. The van der Waals surface area contributed by atoms with Crippen LogP contribution in [-0.2, 0) is 15.7 Å². The third kappa shape index (κ3) is 3.44. The van der Waals surface area contributed by atoms with Gasteiger partial charge in [0.1, 0.15) is 11.4 Å². The van der Waals surface area contributed by atoms with Crippen LogP contribution in [0, 0.1) is 5.82 Å². The summed E-state index contributed by atoms with van der Waals surface area (Å²) >= 11 is 0. The molecule has 1 fully saturated rings. The first-order valence-corrected chi connectivity index (χ1v) is 8.70. The van der Waals surface area contributed by atoms with Gasteiger partial charge in [0.2, 0.25) is 5.91 Å². The smallest absolute Gasteiger partial charge is 0.248 e. The molecule has 3 rings (SSSR count). The van der Waals surface area contributed by atoms with Gasteiger partial charge in [-0.3, -0.25) is 9.48 Å². The highest BCUT2D eigenvalue weighted by Crippen LogP contribution is 2.29. The molecule has 1 saturated heterocycles. The molecule has 1 aliphatic rings. The first-order valence-electron chi connectivity index (χ1n) is 8.70. The predicted molar refractivity (Wildman–Crippen MR) is 94.7 cm³/mol. The zero-order chi connectivity index (χ0) is 17.9. The molecule has 1 amide bonds. The number of aromatic nitrogens is 2. The topological polar surface area (TPSA) is 59.0 Å². The van der Waals surface area contributed by atoms with Gasteiger partial charge in [-0.1, -0.05) is 32.0 Å². The molecule has 0 atom stereocenters. The maximum absolute atomic E-state index is 14.1. The highest BCUT2D eigenvalue weighted by Gasteiger charge is 2.42. The van der Waals surface area contributed by atoms with Crippen LogP contribution in [0.15, 0.2) is 42.7 Å². The summed E-state index contributed by atoms with van der Waals surface area (Å²) in [7, 11) is 0. The van der Waals surface area contributed by atoms with E-state index in [2.05, 4.69) is 15.7 Å². The lowest BCUT2D eigenvalue weighted by Crippen LogP contribution is -2.56. The lowest BCUT2D eigenvalue weighted by Gasteiger charge is -2.37. The van der Waals surface area contributed by atoms with E-state index in [1.807, 2.05) is 32.2 Å². The SMILES string of the molecule is CC(C)(CNC(=O)C1(n2cccn2)CCNCC1)c1ccccc1F. The van der Waals surface area contributed by atoms with Gasteiger partial charge in [-0.2, -0.15) is 5.10 Å². The number of rotatable bonds is 5. The van der Waals surface area contributed by atoms with Crippen molar-refractivity contribution in [2.75, 3.05) is 19.6 Å². The van der Waals surface area contributed by atoms with Crippen LogP contribution in [0.25, 0.3) is 0 Å². The van der Waals surface area contributed by atoms with Gasteiger partial charge in [0, 0.05) is 24.4 Å². The lowest BCUT2D eigenvalue weighted by molar-refractivity contribution is -0.132. The number of halogens is 1. The molecule has 0 radical (unpaired) electrons. The molecule has 0 aliphatic carbocycles. The van der Waals surface area contributed by atoms with Gasteiger partial charge < -0.3 is 10.6 Å². The number of carbonyl (C=O) groups excluding carboxylic acids is 1. The average Bonchev–Trinajstić information content (AvgIpc) is 3.16. The number of amides is 1. The van der Waals surface area contributed by atoms with Crippen LogP contribution in [0.1, 0.15) is 32.3 Å². The molecule has 134 valence electrons. The fourth-order valence-corrected chi connectivity index (χ4v) is 3.49. The van der Waals surface area contributed by atoms with Crippen LogP contribution in [-0.4, -0.2) is 35.3 Å². The van der Waals surface area contributed by atoms with E-state index in [0.717, 1.165) is 13.1 Å². The van der Waals surface area contributed by atoms with E-state index in [1.165, 1.54) is 6.07 Å². The summed E-state index contributed by atoms with van der Waals surface area (Å²) in [5.41, 5.74) is -0.576. The molecule has 0 bridgehead atoms. The van der Waals surface area contributed by atoms with Crippen molar-refractivity contribution in [3.8, 4) is 0 Å². The van der Waals surface area contributed by atoms with Gasteiger partial charge in [-0.15, -0.1) is 0 Å². The first-order chi connectivity index (χ1) is 12.0. The van der Waals surface area contributed by atoms with E-state index in [9.17, 15) is 9.18 Å². The molecule has 0 unspecified atom stereocenters. The molecule has 1 aliphatic heterocycles. The molecule has 0 spiro atoms. The van der Waals surface area contributed by atoms with E-state index in [-0.39, 0.29) is 11.7 Å². The van der Waals surface area contributed by atoms with E-state index in [1.54, 1.807) is 23.0 Å². The van der Waals surface area contributed by atoms with Crippen LogP contribution in [0.3, 0.4) is 0 Å². The van der Waals surface area contributed by atoms with Crippen LogP contribution in [0.5, 0.6) is 0 Å². The summed E-state index contributed by atoms with van der Waals surface area (Å²) in [4.78, 5) is 13.1. The maximum atomic E-state index is 14.1. The molecular formula is C19H25FN4O. The Morgan fingerprint density at radius 2 is 2.04 bits per heavy atom. The van der Waals surface area contributed by atoms with Crippen LogP contribution in [0.2, 0.25) is 0 Å². The van der Waals surface area contributed by atoms with Crippen LogP contribution < -0.4 is 10.6 Å². The Labute approximate surface area is 147 Å². The first kappa shape index (κ1) is 17.6. The molecule has 1 aromatic heterocycles. The van der Waals surface area contributed by atoms with Gasteiger partial charge in [0.25, 0.3) is 0 Å². The third-order valence-corrected chi connectivity index (χ3v) is 5.09. The Hall–Kier alpha value is -2.21. The van der Waals surface area contributed by atoms with Crippen molar-refractivity contribution in [1.82, 2.24) is 20.4 Å². The van der Waals surface area contributed by atoms with E-state index >= 15 is 0 Å². The van der Waals surface area contributed by atoms with Gasteiger partial charge >= 0.3 is 0 Å². The summed E-state index contributed by atoms with van der Waals surface area (Å²) in [5.74, 6) is -0.299. The summed E-state index contributed by atoms with van der Waals surface area (Å²) in [6.07, 6.45) is 4.90. The number of piperidine rings is 1. The summed E-state index contributed by atoms with van der Waals surface area (Å²) in [6, 6.07) is 8.56. The number of carbonyl (C=O) groups is 1. The summed E-state index contributed by atoms with van der Waals surface area (Å²) in [6.45, 7) is 5.78. The Bertz CT molecular complexity index is 721. The monoisotopic (exact) mass is 344 g/mol. The van der Waals surface area contributed by atoms with Crippen molar-refractivity contribution in [3.05, 3.63) is 54.1 Å². The standard InChI is InChI=1S/C19H25FN4O/c1-18(2,15-6-3-4-7-16(15)20)14-22-17(25)19(8-11-21-12-9-19)24-13-5-10-23-24/h3-7,10,13,21H,8-9,11-12,14H2,1-2H3,(H,22,25). The minimum atomic E-state index is -0.680. The van der Waals surface area contributed by atoms with Gasteiger partial charge in [-0.25, -0.2) is 4.39 Å². The van der Waals surface area contributed by atoms with Crippen molar-refractivity contribution in [1.29, 1.82) is 0 Å². The number of benzene rings is 1. The minimum Gasteiger partial charge on any atom is -0.353 e. The predicted octanol–water partition coefficient (Wildman–Crippen LogP) is 2.19. The fourth-order valence-electron chi connectivity index (χ4n) is 3.49. The molecule has 2 N–H and O–H groups in total. The zero-order valence-electron chi connectivity index (χ0n) is 14.8. The van der Waals surface area contributed by atoms with Crippen molar-refractivity contribution in [2.45, 2.75) is 37.6 Å². The minimum absolute atomic E-state index is 0.0536. The molecular weight excluding hydrogens is 319 g/mol. The van der Waals surface area contributed by atoms with Crippen molar-refractivity contribution < 1.29 is 9.18 Å². The Kier molecular flexibility index (Phi) is 4.90. The van der Waals surface area contributed by atoms with Gasteiger partial charge in [-0.05, 0) is 43.6 Å². The summed E-state index contributed by atoms with van der Waals surface area (Å²) < 4.78 is 15.9. The Morgan fingerprint density at radius 1 is 1.32 bits per heavy atom. The van der Waals surface area contributed by atoms with Gasteiger partial charge in [0.15, 0.2) is 0 Å². The highest BCUT2D eigenvalue weighted by molar-refractivity contribution is 5.84. The molecule has 1 aromatic carbocycles. The fraction of sp³-hybridized carbons (Fsp3) is 0.474. The van der Waals surface area contributed by atoms with Crippen molar-refractivity contribution >= 4 is 5.91 Å². The Morgan fingerprint density at radius 3 is 2.68 bits per heavy atom. The molecule has 6 heteroatoms. The number of hydrogen-bond donors (Lipinski definition) is 2. The van der Waals surface area contributed by atoms with Crippen LogP contribution in [0.4, 0.5) is 4.39 Å². The summed E-state index contributed by atoms with van der Waals surface area (Å²) in [5, 5.41) is 10.7. The zero-order valence-corrected chi connectivity index (χ0v) is 14.8. The van der Waals surface area contributed by atoms with E-state index in [4.69, 9.17) is 0 Å². The highest BCUT2D eigenvalue weighted by atomic mass is 19.1. The second-order valence-corrected chi connectivity index (χ2v) is 7.28. The lowest BCUT2D eigenvalue weighted by atomic mass is 9.83. The third-order valence-electron chi connectivity index (χ3n) is 5.09. The van der Waals surface area contributed by atoms with Gasteiger partial charge in [0.05, 0.1) is 0 Å². The quantitative estimate of drug-likeness (QED) is 0.874. The number of nitrogens with zero attached hydrogens (tertiary/aromatic N) is 2. The van der Waals surface area contributed by atoms with Crippen LogP contribution >= 0.6 is 0 Å². The second-order valence-electron chi connectivity index (χ2n) is 7.28. The Balaban J connectivity index is 1.77. The molecule has 5 nitrogen and oxygen atoms in total.